The molecular weight excluding hydrogens is 194 g/mol. The van der Waals surface area contributed by atoms with Crippen molar-refractivity contribution in [2.75, 3.05) is 0 Å². The Kier molecular flexibility index (Phi) is 2.33. The molecule has 0 saturated carbocycles. The largest absolute Gasteiger partial charge is 0.512 e. The summed E-state index contributed by atoms with van der Waals surface area (Å²) < 4.78 is 48.5. The van der Waals surface area contributed by atoms with Gasteiger partial charge in [-0.25, -0.2) is 4.39 Å². The zero-order chi connectivity index (χ0) is 9.35. The maximum Gasteiger partial charge on any atom is 0.512 e. The van der Waals surface area contributed by atoms with Gasteiger partial charge in [0.15, 0.2) is 0 Å². The average Bonchev–Trinajstić information content (AvgIpc) is 1.92. The van der Waals surface area contributed by atoms with E-state index in [1.807, 2.05) is 0 Å². The van der Waals surface area contributed by atoms with Gasteiger partial charge in [-0.05, 0) is 12.1 Å². The van der Waals surface area contributed by atoms with Crippen LogP contribution >= 0.6 is 11.6 Å². The molecule has 0 aliphatic heterocycles. The van der Waals surface area contributed by atoms with Crippen LogP contribution in [0.15, 0.2) is 18.2 Å². The molecular formula is C6H3BClF4-. The molecule has 0 saturated heterocycles. The third-order valence-electron chi connectivity index (χ3n) is 1.31. The van der Waals surface area contributed by atoms with E-state index in [0.29, 0.717) is 12.1 Å². The average molecular weight is 197 g/mol. The fraction of sp³-hybridized carbons (Fsp3) is 0. The van der Waals surface area contributed by atoms with E-state index in [0.717, 1.165) is 6.07 Å². The van der Waals surface area contributed by atoms with Gasteiger partial charge in [0.2, 0.25) is 0 Å². The zero-order valence-electron chi connectivity index (χ0n) is 5.70. The molecule has 1 aromatic carbocycles. The highest BCUT2D eigenvalue weighted by Crippen LogP contribution is 2.15. The van der Waals surface area contributed by atoms with E-state index < -0.39 is 18.3 Å². The van der Waals surface area contributed by atoms with Crippen molar-refractivity contribution < 1.29 is 17.3 Å². The lowest BCUT2D eigenvalue weighted by Gasteiger charge is -2.15. The third kappa shape index (κ3) is 1.91. The van der Waals surface area contributed by atoms with E-state index in [-0.39, 0.29) is 5.02 Å². The van der Waals surface area contributed by atoms with Crippen molar-refractivity contribution in [1.29, 1.82) is 0 Å². The number of halogens is 5. The van der Waals surface area contributed by atoms with Crippen molar-refractivity contribution in [3.05, 3.63) is 29.0 Å². The summed E-state index contributed by atoms with van der Waals surface area (Å²) >= 11 is 5.27. The Labute approximate surface area is 71.2 Å². The smallest absolute Gasteiger partial charge is 0.445 e. The molecule has 0 aromatic heterocycles. The van der Waals surface area contributed by atoms with Crippen molar-refractivity contribution in [1.82, 2.24) is 0 Å². The first-order valence-electron chi connectivity index (χ1n) is 3.06. The van der Waals surface area contributed by atoms with Crippen molar-refractivity contribution >= 4 is 24.0 Å². The quantitative estimate of drug-likeness (QED) is 0.479. The summed E-state index contributed by atoms with van der Waals surface area (Å²) in [6.45, 7) is -5.31. The Morgan fingerprint density at radius 2 is 1.75 bits per heavy atom. The second kappa shape index (κ2) is 2.97. The minimum absolute atomic E-state index is 0.120. The summed E-state index contributed by atoms with van der Waals surface area (Å²) in [5.41, 5.74) is -1.28. The fourth-order valence-electron chi connectivity index (χ4n) is 0.765. The number of hydrogen-bond acceptors (Lipinski definition) is 0. The van der Waals surface area contributed by atoms with Crippen LogP contribution in [0.4, 0.5) is 17.3 Å². The highest BCUT2D eigenvalue weighted by Gasteiger charge is 2.28. The molecule has 0 amide bonds. The first-order valence-corrected chi connectivity index (χ1v) is 3.44. The first kappa shape index (κ1) is 9.38. The number of hydrogen-bond donors (Lipinski definition) is 0. The second-order valence-corrected chi connectivity index (χ2v) is 2.68. The van der Waals surface area contributed by atoms with Gasteiger partial charge >= 0.3 is 6.98 Å². The summed E-state index contributed by atoms with van der Waals surface area (Å²) in [4.78, 5) is 0. The monoisotopic (exact) mass is 197 g/mol. The predicted molar refractivity (Wildman–Crippen MR) is 40.1 cm³/mol. The molecule has 12 heavy (non-hydrogen) atoms. The van der Waals surface area contributed by atoms with Gasteiger partial charge in [-0.1, -0.05) is 23.1 Å². The predicted octanol–water partition coefficient (Wildman–Crippen LogP) is 2.53. The molecule has 66 valence electrons. The van der Waals surface area contributed by atoms with Crippen LogP contribution in [0.5, 0.6) is 0 Å². The van der Waals surface area contributed by atoms with Crippen LogP contribution in [0.2, 0.25) is 5.02 Å². The molecule has 0 unspecified atom stereocenters. The van der Waals surface area contributed by atoms with Crippen molar-refractivity contribution in [2.45, 2.75) is 0 Å². The van der Waals surface area contributed by atoms with Crippen LogP contribution < -0.4 is 5.46 Å². The van der Waals surface area contributed by atoms with Gasteiger partial charge in [-0.2, -0.15) is 0 Å². The molecule has 1 rings (SSSR count). The van der Waals surface area contributed by atoms with Crippen LogP contribution in [0.1, 0.15) is 0 Å². The summed E-state index contributed by atoms with van der Waals surface area (Å²) in [5.74, 6) is -1.29. The van der Waals surface area contributed by atoms with Gasteiger partial charge in [0.25, 0.3) is 0 Å². The molecule has 0 aliphatic carbocycles. The van der Waals surface area contributed by atoms with E-state index in [4.69, 9.17) is 11.6 Å². The van der Waals surface area contributed by atoms with Crippen molar-refractivity contribution in [3.8, 4) is 0 Å². The topological polar surface area (TPSA) is 0 Å². The van der Waals surface area contributed by atoms with Gasteiger partial charge in [-0.15, -0.1) is 0 Å². The van der Waals surface area contributed by atoms with Gasteiger partial charge in [0.05, 0.1) is 5.82 Å². The van der Waals surface area contributed by atoms with E-state index in [1.165, 1.54) is 0 Å². The first-order chi connectivity index (χ1) is 5.41. The molecule has 0 nitrogen and oxygen atoms in total. The summed E-state index contributed by atoms with van der Waals surface area (Å²) in [7, 11) is 0. The Balaban J connectivity index is 3.23. The van der Waals surface area contributed by atoms with Crippen LogP contribution in [-0.2, 0) is 0 Å². The Morgan fingerprint density at radius 3 is 2.17 bits per heavy atom. The SMILES string of the molecule is Fc1ccc(Cl)cc1[B-](F)(F)F. The fourth-order valence-corrected chi connectivity index (χ4v) is 0.946. The molecule has 0 radical (unpaired) electrons. The van der Waals surface area contributed by atoms with Crippen LogP contribution in [0.3, 0.4) is 0 Å². The van der Waals surface area contributed by atoms with Crippen molar-refractivity contribution in [3.63, 3.8) is 0 Å². The normalized spacial score (nSPS) is 11.8. The lowest BCUT2D eigenvalue weighted by molar-refractivity contribution is 0.494. The molecule has 0 bridgehead atoms. The summed E-state index contributed by atoms with van der Waals surface area (Å²) in [6, 6.07) is 2.35. The molecule has 0 heterocycles. The molecule has 0 atom stereocenters. The Hall–Kier alpha value is -0.705. The van der Waals surface area contributed by atoms with Crippen molar-refractivity contribution in [2.24, 2.45) is 0 Å². The van der Waals surface area contributed by atoms with Gasteiger partial charge in [0, 0.05) is 5.02 Å². The maximum absolute atomic E-state index is 12.5. The molecule has 0 spiro atoms. The molecule has 1 aromatic rings. The Morgan fingerprint density at radius 1 is 1.17 bits per heavy atom. The second-order valence-electron chi connectivity index (χ2n) is 2.24. The Bertz CT molecular complexity index is 296. The van der Waals surface area contributed by atoms with Crippen LogP contribution in [0.25, 0.3) is 0 Å². The third-order valence-corrected chi connectivity index (χ3v) is 1.55. The van der Waals surface area contributed by atoms with E-state index in [1.54, 1.807) is 0 Å². The lowest BCUT2D eigenvalue weighted by Crippen LogP contribution is -2.36. The van der Waals surface area contributed by atoms with E-state index in [2.05, 4.69) is 0 Å². The van der Waals surface area contributed by atoms with Crippen LogP contribution in [0, 0.1) is 5.82 Å². The van der Waals surface area contributed by atoms with Gasteiger partial charge < -0.3 is 12.9 Å². The molecule has 0 fully saturated rings. The molecule has 6 heteroatoms. The van der Waals surface area contributed by atoms with E-state index in [9.17, 15) is 17.3 Å². The highest BCUT2D eigenvalue weighted by molar-refractivity contribution is 6.73. The highest BCUT2D eigenvalue weighted by atomic mass is 35.5. The number of rotatable bonds is 1. The number of benzene rings is 1. The minimum Gasteiger partial charge on any atom is -0.445 e. The van der Waals surface area contributed by atoms with Gasteiger partial charge in [0.1, 0.15) is 0 Å². The van der Waals surface area contributed by atoms with Crippen LogP contribution in [-0.4, -0.2) is 6.98 Å². The summed E-state index contributed by atoms with van der Waals surface area (Å²) in [5, 5.41) is -0.120. The molecule has 0 aliphatic rings. The van der Waals surface area contributed by atoms with Gasteiger partial charge in [-0.3, -0.25) is 0 Å². The molecule has 0 N–H and O–H groups in total. The maximum atomic E-state index is 12.5. The zero-order valence-corrected chi connectivity index (χ0v) is 6.46. The lowest BCUT2D eigenvalue weighted by atomic mass is 9.80. The summed E-state index contributed by atoms with van der Waals surface area (Å²) in [6.07, 6.45) is 0. The van der Waals surface area contributed by atoms with E-state index >= 15 is 0 Å². The standard InChI is InChI=1S/C6H3BClF4/c8-4-1-2-6(9)5(3-4)7(10,11)12/h1-3H/q-1. The minimum atomic E-state index is -5.31.